The van der Waals surface area contributed by atoms with Gasteiger partial charge < -0.3 is 9.47 Å². The van der Waals surface area contributed by atoms with E-state index in [1.165, 1.54) is 6.92 Å². The second-order valence-corrected chi connectivity index (χ2v) is 3.79. The maximum absolute atomic E-state index is 11.6. The molecule has 0 aromatic carbocycles. The van der Waals surface area contributed by atoms with Crippen LogP contribution in [0.5, 0.6) is 0 Å². The van der Waals surface area contributed by atoms with Crippen LogP contribution in [0.3, 0.4) is 0 Å². The highest BCUT2D eigenvalue weighted by Crippen LogP contribution is 2.28. The van der Waals surface area contributed by atoms with Gasteiger partial charge in [-0.15, -0.1) is 0 Å². The van der Waals surface area contributed by atoms with Gasteiger partial charge in [-0.2, -0.15) is 0 Å². The number of esters is 2. The normalized spacial score (nSPS) is 25.7. The third-order valence-electron chi connectivity index (χ3n) is 2.61. The zero-order chi connectivity index (χ0) is 11.3. The molecule has 0 heterocycles. The Labute approximate surface area is 89.9 Å². The van der Waals surface area contributed by atoms with Crippen LogP contribution in [-0.4, -0.2) is 24.6 Å². The minimum absolute atomic E-state index is 0.233. The zero-order valence-electron chi connectivity index (χ0n) is 9.32. The molecule has 4 nitrogen and oxygen atoms in total. The molecule has 1 rings (SSSR count). The summed E-state index contributed by atoms with van der Waals surface area (Å²) in [5.41, 5.74) is 0. The number of carbonyl (C=O) groups excluding carboxylic acids is 2. The summed E-state index contributed by atoms with van der Waals surface area (Å²) in [7, 11) is 0. The SMILES string of the molecule is CCOC(=O)[C@H]1CCCC[C@@H]1OC(C)=O. The van der Waals surface area contributed by atoms with Crippen LogP contribution in [0.2, 0.25) is 0 Å². The van der Waals surface area contributed by atoms with Gasteiger partial charge in [0.1, 0.15) is 6.10 Å². The lowest BCUT2D eigenvalue weighted by Crippen LogP contribution is -2.35. The summed E-state index contributed by atoms with van der Waals surface area (Å²) >= 11 is 0. The van der Waals surface area contributed by atoms with Gasteiger partial charge in [-0.1, -0.05) is 6.42 Å². The second-order valence-electron chi connectivity index (χ2n) is 3.79. The van der Waals surface area contributed by atoms with Gasteiger partial charge in [-0.3, -0.25) is 9.59 Å². The van der Waals surface area contributed by atoms with Crippen LogP contribution in [0, 0.1) is 5.92 Å². The second kappa shape index (κ2) is 5.73. The van der Waals surface area contributed by atoms with Crippen LogP contribution in [-0.2, 0) is 19.1 Å². The lowest BCUT2D eigenvalue weighted by molar-refractivity contribution is -0.162. The number of ether oxygens (including phenoxy) is 2. The van der Waals surface area contributed by atoms with E-state index in [0.717, 1.165) is 25.7 Å². The Balaban J connectivity index is 2.56. The molecule has 0 aromatic rings. The first kappa shape index (κ1) is 12.0. The van der Waals surface area contributed by atoms with Crippen molar-refractivity contribution in [2.24, 2.45) is 5.92 Å². The maximum atomic E-state index is 11.6. The molecule has 0 spiro atoms. The van der Waals surface area contributed by atoms with Crippen molar-refractivity contribution < 1.29 is 19.1 Å². The first-order valence-corrected chi connectivity index (χ1v) is 5.49. The molecule has 0 bridgehead atoms. The topological polar surface area (TPSA) is 52.6 Å². The summed E-state index contributed by atoms with van der Waals surface area (Å²) in [5, 5.41) is 0. The molecule has 0 N–H and O–H groups in total. The molecule has 0 aromatic heterocycles. The standard InChI is InChI=1S/C11H18O4/c1-3-14-11(13)9-6-4-5-7-10(9)15-8(2)12/h9-10H,3-7H2,1-2H3/t9-,10-/m0/s1. The highest BCUT2D eigenvalue weighted by atomic mass is 16.6. The van der Waals surface area contributed by atoms with Crippen molar-refractivity contribution in [2.75, 3.05) is 6.61 Å². The average molecular weight is 214 g/mol. The lowest BCUT2D eigenvalue weighted by atomic mass is 9.86. The van der Waals surface area contributed by atoms with Crippen LogP contribution in [0.4, 0.5) is 0 Å². The predicted molar refractivity (Wildman–Crippen MR) is 54.1 cm³/mol. The Hall–Kier alpha value is -1.06. The van der Waals surface area contributed by atoms with E-state index in [9.17, 15) is 9.59 Å². The first-order chi connectivity index (χ1) is 7.15. The van der Waals surface area contributed by atoms with Crippen molar-refractivity contribution in [3.63, 3.8) is 0 Å². The van der Waals surface area contributed by atoms with Gasteiger partial charge in [-0.05, 0) is 26.2 Å². The predicted octanol–water partition coefficient (Wildman–Crippen LogP) is 1.67. The Morgan fingerprint density at radius 2 is 1.93 bits per heavy atom. The molecule has 86 valence electrons. The molecule has 4 heteroatoms. The number of hydrogen-bond acceptors (Lipinski definition) is 4. The monoisotopic (exact) mass is 214 g/mol. The zero-order valence-corrected chi connectivity index (χ0v) is 9.32. The fraction of sp³-hybridized carbons (Fsp3) is 0.818. The number of carbonyl (C=O) groups is 2. The van der Waals surface area contributed by atoms with Crippen molar-refractivity contribution in [3.05, 3.63) is 0 Å². The van der Waals surface area contributed by atoms with Crippen LogP contribution < -0.4 is 0 Å². The molecule has 0 unspecified atom stereocenters. The van der Waals surface area contributed by atoms with E-state index >= 15 is 0 Å². The molecular formula is C11H18O4. The van der Waals surface area contributed by atoms with Crippen LogP contribution >= 0.6 is 0 Å². The Kier molecular flexibility index (Phi) is 4.59. The Bertz CT molecular complexity index is 237. The third-order valence-corrected chi connectivity index (χ3v) is 2.61. The highest BCUT2D eigenvalue weighted by Gasteiger charge is 2.34. The third kappa shape index (κ3) is 3.53. The largest absolute Gasteiger partial charge is 0.466 e. The van der Waals surface area contributed by atoms with Crippen LogP contribution in [0.15, 0.2) is 0 Å². The molecule has 2 atom stereocenters. The summed E-state index contributed by atoms with van der Waals surface area (Å²) in [6.45, 7) is 3.53. The fourth-order valence-corrected chi connectivity index (χ4v) is 1.97. The average Bonchev–Trinajstić information content (AvgIpc) is 2.18. The van der Waals surface area contributed by atoms with Crippen molar-refractivity contribution in [2.45, 2.75) is 45.6 Å². The molecule has 15 heavy (non-hydrogen) atoms. The summed E-state index contributed by atoms with van der Waals surface area (Å²) in [6, 6.07) is 0. The molecule has 1 saturated carbocycles. The van der Waals surface area contributed by atoms with Gasteiger partial charge >= 0.3 is 11.9 Å². The van der Waals surface area contributed by atoms with Crippen molar-refractivity contribution >= 4 is 11.9 Å². The van der Waals surface area contributed by atoms with Gasteiger partial charge in [0.25, 0.3) is 0 Å². The molecule has 0 saturated heterocycles. The van der Waals surface area contributed by atoms with E-state index in [0.29, 0.717) is 6.61 Å². The molecule has 1 aliphatic carbocycles. The quantitative estimate of drug-likeness (QED) is 0.670. The highest BCUT2D eigenvalue weighted by molar-refractivity contribution is 5.74. The van der Waals surface area contributed by atoms with E-state index in [1.807, 2.05) is 0 Å². The molecule has 1 fully saturated rings. The minimum Gasteiger partial charge on any atom is -0.466 e. The van der Waals surface area contributed by atoms with Crippen molar-refractivity contribution in [3.8, 4) is 0 Å². The van der Waals surface area contributed by atoms with E-state index in [4.69, 9.17) is 9.47 Å². The smallest absolute Gasteiger partial charge is 0.312 e. The molecule has 1 aliphatic rings. The summed E-state index contributed by atoms with van der Waals surface area (Å²) in [5.74, 6) is -0.817. The van der Waals surface area contributed by atoms with E-state index < -0.39 is 0 Å². The Morgan fingerprint density at radius 1 is 1.27 bits per heavy atom. The van der Waals surface area contributed by atoms with Gasteiger partial charge in [0.15, 0.2) is 0 Å². The first-order valence-electron chi connectivity index (χ1n) is 5.49. The van der Waals surface area contributed by atoms with Gasteiger partial charge in [0.05, 0.1) is 12.5 Å². The van der Waals surface area contributed by atoms with Gasteiger partial charge in [-0.25, -0.2) is 0 Å². The molecule has 0 aliphatic heterocycles. The van der Waals surface area contributed by atoms with Crippen molar-refractivity contribution in [1.29, 1.82) is 0 Å². The van der Waals surface area contributed by atoms with E-state index in [-0.39, 0.29) is 24.0 Å². The summed E-state index contributed by atoms with van der Waals surface area (Å²) in [6.07, 6.45) is 3.25. The maximum Gasteiger partial charge on any atom is 0.312 e. The summed E-state index contributed by atoms with van der Waals surface area (Å²) in [4.78, 5) is 22.4. The van der Waals surface area contributed by atoms with Crippen LogP contribution in [0.1, 0.15) is 39.5 Å². The number of hydrogen-bond donors (Lipinski definition) is 0. The van der Waals surface area contributed by atoms with Crippen molar-refractivity contribution in [1.82, 2.24) is 0 Å². The summed E-state index contributed by atoms with van der Waals surface area (Å²) < 4.78 is 10.1. The minimum atomic E-state index is -0.323. The van der Waals surface area contributed by atoms with Gasteiger partial charge in [0, 0.05) is 6.92 Å². The van der Waals surface area contributed by atoms with E-state index in [1.54, 1.807) is 6.92 Å². The Morgan fingerprint density at radius 3 is 2.53 bits per heavy atom. The lowest BCUT2D eigenvalue weighted by Gasteiger charge is -2.28. The molecule has 0 radical (unpaired) electrons. The van der Waals surface area contributed by atoms with Gasteiger partial charge in [0.2, 0.25) is 0 Å². The molecule has 0 amide bonds. The van der Waals surface area contributed by atoms with E-state index in [2.05, 4.69) is 0 Å². The van der Waals surface area contributed by atoms with Crippen LogP contribution in [0.25, 0.3) is 0 Å². The number of rotatable bonds is 3. The fourth-order valence-electron chi connectivity index (χ4n) is 1.97. The molecular weight excluding hydrogens is 196 g/mol.